The maximum atomic E-state index is 11.7. The number of imidazole rings is 1. The number of rotatable bonds is 7. The normalized spacial score (nSPS) is 11.5. The van der Waals surface area contributed by atoms with E-state index in [1.807, 2.05) is 24.3 Å². The van der Waals surface area contributed by atoms with Gasteiger partial charge in [0.05, 0.1) is 23.3 Å². The summed E-state index contributed by atoms with van der Waals surface area (Å²) in [6, 6.07) is 16.9. The molecule has 0 bridgehead atoms. The van der Waals surface area contributed by atoms with E-state index in [4.69, 9.17) is 4.98 Å². The minimum atomic E-state index is -0.989. The number of hydrogen-bond donors (Lipinski definition) is 1. The van der Waals surface area contributed by atoms with E-state index in [1.165, 1.54) is 0 Å². The average Bonchev–Trinajstić information content (AvgIpc) is 3.35. The second kappa shape index (κ2) is 8.78. The fraction of sp³-hybridized carbons (Fsp3) is 0.200. The number of carboxylic acids is 1. The van der Waals surface area contributed by atoms with Crippen LogP contribution in [0.1, 0.15) is 41.5 Å². The lowest BCUT2D eigenvalue weighted by atomic mass is 10.1. The number of aromatic nitrogens is 5. The molecular weight excluding hydrogens is 482 g/mol. The molecule has 0 atom stereocenters. The van der Waals surface area contributed by atoms with Gasteiger partial charge in [-0.15, -0.1) is 0 Å². The number of unbranched alkanes of at least 4 members (excludes halogenated alkanes) is 1. The molecule has 3 heterocycles. The van der Waals surface area contributed by atoms with Crippen molar-refractivity contribution in [2.75, 3.05) is 0 Å². The first-order valence-electron chi connectivity index (χ1n) is 10.9. The number of aryl methyl sites for hydroxylation is 1. The van der Waals surface area contributed by atoms with E-state index in [9.17, 15) is 9.90 Å². The Bertz CT molecular complexity index is 1490. The van der Waals surface area contributed by atoms with Crippen LogP contribution in [-0.4, -0.2) is 35.4 Å². The molecule has 1 N–H and O–H groups in total. The number of benzene rings is 2. The fourth-order valence-corrected chi connectivity index (χ4v) is 4.67. The number of nitrogens with zero attached hydrogens (tertiary/aromatic N) is 5. The zero-order valence-electron chi connectivity index (χ0n) is 18.1. The molecule has 5 rings (SSSR count). The third-order valence-electron chi connectivity index (χ3n) is 5.72. The number of para-hydroxylation sites is 1. The lowest BCUT2D eigenvalue weighted by molar-refractivity contribution is 0.0696. The van der Waals surface area contributed by atoms with Crippen molar-refractivity contribution in [1.82, 2.24) is 24.3 Å². The van der Waals surface area contributed by atoms with Gasteiger partial charge in [0.15, 0.2) is 5.65 Å². The predicted molar refractivity (Wildman–Crippen MR) is 131 cm³/mol. The molecule has 3 aromatic heterocycles. The highest BCUT2D eigenvalue weighted by Crippen LogP contribution is 2.29. The summed E-state index contributed by atoms with van der Waals surface area (Å²) in [5.41, 5.74) is 4.38. The van der Waals surface area contributed by atoms with Crippen LogP contribution in [0.4, 0.5) is 0 Å². The average molecular weight is 504 g/mol. The summed E-state index contributed by atoms with van der Waals surface area (Å²) in [5, 5.41) is 15.1. The van der Waals surface area contributed by atoms with Crippen LogP contribution in [0, 0.1) is 0 Å². The molecule has 7 nitrogen and oxygen atoms in total. The maximum absolute atomic E-state index is 11.7. The Kier molecular flexibility index (Phi) is 5.68. The van der Waals surface area contributed by atoms with Gasteiger partial charge in [0, 0.05) is 18.0 Å². The topological polar surface area (TPSA) is 85.8 Å². The van der Waals surface area contributed by atoms with Crippen LogP contribution < -0.4 is 0 Å². The van der Waals surface area contributed by atoms with Crippen LogP contribution in [0.3, 0.4) is 0 Å². The highest BCUT2D eigenvalue weighted by molar-refractivity contribution is 9.10. The van der Waals surface area contributed by atoms with Gasteiger partial charge in [0.1, 0.15) is 15.9 Å². The summed E-state index contributed by atoms with van der Waals surface area (Å²) in [7, 11) is 0. The third kappa shape index (κ3) is 3.91. The van der Waals surface area contributed by atoms with Crippen molar-refractivity contribution in [3.8, 4) is 5.69 Å². The molecule has 2 aromatic carbocycles. The summed E-state index contributed by atoms with van der Waals surface area (Å²) in [4.78, 5) is 21.1. The smallest absolute Gasteiger partial charge is 0.337 e. The van der Waals surface area contributed by atoms with Gasteiger partial charge < -0.3 is 9.67 Å². The van der Waals surface area contributed by atoms with E-state index < -0.39 is 5.97 Å². The molecule has 0 aliphatic rings. The van der Waals surface area contributed by atoms with Crippen LogP contribution in [-0.2, 0) is 13.0 Å². The van der Waals surface area contributed by atoms with E-state index in [-0.39, 0.29) is 5.56 Å². The van der Waals surface area contributed by atoms with Crippen LogP contribution in [0.2, 0.25) is 0 Å². The van der Waals surface area contributed by atoms with Crippen LogP contribution >= 0.6 is 15.9 Å². The number of carboxylic acid groups (broad SMARTS) is 1. The summed E-state index contributed by atoms with van der Waals surface area (Å²) in [5.74, 6) is 0.0487. The Hall–Kier alpha value is -3.52. The molecule has 0 spiro atoms. The molecular formula is C25H22BrN5O2. The number of fused-ring (bicyclic) bond motifs is 2. The molecule has 0 amide bonds. The van der Waals surface area contributed by atoms with Crippen molar-refractivity contribution in [2.45, 2.75) is 32.7 Å². The molecule has 0 radical (unpaired) electrons. The van der Waals surface area contributed by atoms with E-state index in [1.54, 1.807) is 35.1 Å². The molecule has 0 aliphatic heterocycles. The Morgan fingerprint density at radius 3 is 2.76 bits per heavy atom. The minimum absolute atomic E-state index is 0.197. The zero-order valence-corrected chi connectivity index (χ0v) is 19.7. The Labute approximate surface area is 198 Å². The molecule has 0 saturated carbocycles. The van der Waals surface area contributed by atoms with Crippen LogP contribution in [0.5, 0.6) is 0 Å². The number of carbonyl (C=O) groups is 1. The van der Waals surface area contributed by atoms with Crippen molar-refractivity contribution >= 4 is 44.0 Å². The number of halogens is 1. The van der Waals surface area contributed by atoms with Crippen LogP contribution in [0.15, 0.2) is 65.4 Å². The quantitative estimate of drug-likeness (QED) is 0.311. The van der Waals surface area contributed by atoms with Gasteiger partial charge in [0.25, 0.3) is 0 Å². The summed E-state index contributed by atoms with van der Waals surface area (Å²) >= 11 is 3.65. The lowest BCUT2D eigenvalue weighted by Crippen LogP contribution is -2.06. The monoisotopic (exact) mass is 503 g/mol. The molecule has 0 fully saturated rings. The van der Waals surface area contributed by atoms with Gasteiger partial charge in [-0.05, 0) is 64.3 Å². The number of hydrogen-bond acceptors (Lipinski definition) is 4. The zero-order chi connectivity index (χ0) is 22.9. The second-order valence-electron chi connectivity index (χ2n) is 7.94. The van der Waals surface area contributed by atoms with Crippen molar-refractivity contribution < 1.29 is 9.90 Å². The third-order valence-corrected chi connectivity index (χ3v) is 6.48. The molecule has 5 aromatic rings. The van der Waals surface area contributed by atoms with Crippen LogP contribution in [0.25, 0.3) is 27.8 Å². The molecule has 166 valence electrons. The van der Waals surface area contributed by atoms with Gasteiger partial charge in [-0.25, -0.2) is 19.4 Å². The number of aromatic carboxylic acids is 1. The van der Waals surface area contributed by atoms with Gasteiger partial charge in [-0.2, -0.15) is 5.10 Å². The van der Waals surface area contributed by atoms with E-state index in [0.29, 0.717) is 16.8 Å². The SMILES string of the molecule is CCCCc1nc2cccnc2n1Cc1ccc2nn(-c3ccccc3C(=O)O)c(Br)c2c1. The first-order valence-corrected chi connectivity index (χ1v) is 11.7. The first kappa shape index (κ1) is 21.3. The van der Waals surface area contributed by atoms with E-state index >= 15 is 0 Å². The second-order valence-corrected chi connectivity index (χ2v) is 8.69. The van der Waals surface area contributed by atoms with Gasteiger partial charge in [-0.3, -0.25) is 0 Å². The van der Waals surface area contributed by atoms with Gasteiger partial charge in [-0.1, -0.05) is 31.5 Å². The molecule has 0 unspecified atom stereocenters. The van der Waals surface area contributed by atoms with E-state index in [0.717, 1.165) is 52.7 Å². The lowest BCUT2D eigenvalue weighted by Gasteiger charge is -2.09. The highest BCUT2D eigenvalue weighted by atomic mass is 79.9. The molecule has 0 saturated heterocycles. The first-order chi connectivity index (χ1) is 16.1. The maximum Gasteiger partial charge on any atom is 0.337 e. The summed E-state index contributed by atoms with van der Waals surface area (Å²) in [6.45, 7) is 2.82. The Morgan fingerprint density at radius 2 is 1.94 bits per heavy atom. The van der Waals surface area contributed by atoms with Crippen molar-refractivity contribution in [2.24, 2.45) is 0 Å². The predicted octanol–water partition coefficient (Wildman–Crippen LogP) is 5.62. The standard InChI is InChI=1S/C25H22BrN5O2/c1-2-3-10-22-28-20-8-6-13-27-24(20)30(22)15-16-11-12-19-18(14-16)23(26)31(29-19)21-9-5-4-7-17(21)25(32)33/h4-9,11-14H,2-3,10,15H2,1H3,(H,32,33). The van der Waals surface area contributed by atoms with Crippen molar-refractivity contribution in [3.63, 3.8) is 0 Å². The summed E-state index contributed by atoms with van der Waals surface area (Å²) in [6.07, 6.45) is 4.88. The highest BCUT2D eigenvalue weighted by Gasteiger charge is 2.18. The largest absolute Gasteiger partial charge is 0.478 e. The Balaban J connectivity index is 1.57. The molecule has 8 heteroatoms. The minimum Gasteiger partial charge on any atom is -0.478 e. The number of pyridine rings is 1. The van der Waals surface area contributed by atoms with Gasteiger partial charge in [0.2, 0.25) is 0 Å². The van der Waals surface area contributed by atoms with Crippen molar-refractivity contribution in [3.05, 3.63) is 82.3 Å². The molecule has 33 heavy (non-hydrogen) atoms. The van der Waals surface area contributed by atoms with Crippen molar-refractivity contribution in [1.29, 1.82) is 0 Å². The van der Waals surface area contributed by atoms with Gasteiger partial charge >= 0.3 is 5.97 Å². The molecule has 0 aliphatic carbocycles. The summed E-state index contributed by atoms with van der Waals surface area (Å²) < 4.78 is 4.54. The van der Waals surface area contributed by atoms with E-state index in [2.05, 4.69) is 43.6 Å². The Morgan fingerprint density at radius 1 is 1.09 bits per heavy atom. The fourth-order valence-electron chi connectivity index (χ4n) is 4.08.